The first-order valence-corrected chi connectivity index (χ1v) is 5.97. The minimum Gasteiger partial charge on any atom is -0.490 e. The third kappa shape index (κ3) is 2.76. The van der Waals surface area contributed by atoms with E-state index in [1.54, 1.807) is 7.11 Å². The number of hydrogen-bond acceptors (Lipinski definition) is 6. The van der Waals surface area contributed by atoms with E-state index < -0.39 is 0 Å². The number of nitrogens with two attached hydrogens (primary N) is 1. The lowest BCUT2D eigenvalue weighted by atomic mass is 9.95. The second-order valence-electron chi connectivity index (χ2n) is 4.23. The number of rotatable bonds is 4. The molecule has 1 aliphatic carbocycles. The Labute approximate surface area is 101 Å². The first-order chi connectivity index (χ1) is 8.35. The van der Waals surface area contributed by atoms with Gasteiger partial charge >= 0.3 is 0 Å². The number of nitrogens with one attached hydrogen (secondary N) is 2. The third-order valence-corrected chi connectivity index (χ3v) is 3.09. The van der Waals surface area contributed by atoms with Crippen LogP contribution in [-0.4, -0.2) is 23.1 Å². The molecule has 1 aromatic rings. The van der Waals surface area contributed by atoms with Crippen LogP contribution in [0, 0.1) is 0 Å². The van der Waals surface area contributed by atoms with Crippen LogP contribution in [0.4, 0.5) is 11.6 Å². The summed E-state index contributed by atoms with van der Waals surface area (Å²) in [5.74, 6) is 7.16. The molecular weight excluding hydrogens is 218 g/mol. The quantitative estimate of drug-likeness (QED) is 0.544. The van der Waals surface area contributed by atoms with Crippen LogP contribution in [0.1, 0.15) is 32.1 Å². The van der Waals surface area contributed by atoms with E-state index in [1.807, 2.05) is 0 Å². The van der Waals surface area contributed by atoms with Crippen molar-refractivity contribution >= 4 is 11.6 Å². The van der Waals surface area contributed by atoms with E-state index in [1.165, 1.54) is 38.4 Å². The van der Waals surface area contributed by atoms with E-state index in [-0.39, 0.29) is 0 Å². The van der Waals surface area contributed by atoms with Crippen molar-refractivity contribution in [3.05, 3.63) is 6.33 Å². The predicted octanol–water partition coefficient (Wildman–Crippen LogP) is 1.52. The summed E-state index contributed by atoms with van der Waals surface area (Å²) in [6.07, 6.45) is 7.70. The Bertz CT molecular complexity index is 365. The Kier molecular flexibility index (Phi) is 3.98. The number of anilines is 2. The fourth-order valence-corrected chi connectivity index (χ4v) is 2.21. The van der Waals surface area contributed by atoms with Crippen LogP contribution in [0.5, 0.6) is 5.75 Å². The molecule has 0 aromatic carbocycles. The fourth-order valence-electron chi connectivity index (χ4n) is 2.21. The molecule has 1 aliphatic rings. The Balaban J connectivity index is 2.13. The Morgan fingerprint density at radius 1 is 1.24 bits per heavy atom. The van der Waals surface area contributed by atoms with Crippen LogP contribution < -0.4 is 21.3 Å². The molecular formula is C11H19N5O. The van der Waals surface area contributed by atoms with Gasteiger partial charge in [0.15, 0.2) is 11.6 Å². The number of nitrogen functional groups attached to an aromatic ring is 1. The maximum atomic E-state index is 5.38. The molecule has 0 atom stereocenters. The lowest BCUT2D eigenvalue weighted by Gasteiger charge is -2.24. The van der Waals surface area contributed by atoms with Crippen LogP contribution in [0.3, 0.4) is 0 Å². The van der Waals surface area contributed by atoms with E-state index in [4.69, 9.17) is 10.6 Å². The highest BCUT2D eigenvalue weighted by molar-refractivity contribution is 5.63. The molecule has 4 N–H and O–H groups in total. The molecule has 0 amide bonds. The molecule has 17 heavy (non-hydrogen) atoms. The van der Waals surface area contributed by atoms with Crippen LogP contribution in [-0.2, 0) is 0 Å². The summed E-state index contributed by atoms with van der Waals surface area (Å²) in [4.78, 5) is 8.22. The van der Waals surface area contributed by atoms with Crippen molar-refractivity contribution in [2.24, 2.45) is 5.84 Å². The van der Waals surface area contributed by atoms with Gasteiger partial charge in [-0.1, -0.05) is 19.3 Å². The zero-order chi connectivity index (χ0) is 12.1. The lowest BCUT2D eigenvalue weighted by Crippen LogP contribution is -2.23. The van der Waals surface area contributed by atoms with Gasteiger partial charge in [0.1, 0.15) is 6.33 Å². The first-order valence-electron chi connectivity index (χ1n) is 5.97. The molecule has 6 heteroatoms. The van der Waals surface area contributed by atoms with Gasteiger partial charge in [0.25, 0.3) is 0 Å². The van der Waals surface area contributed by atoms with Crippen molar-refractivity contribution in [3.8, 4) is 5.75 Å². The number of nitrogens with zero attached hydrogens (tertiary/aromatic N) is 2. The van der Waals surface area contributed by atoms with Gasteiger partial charge in [-0.05, 0) is 12.8 Å². The van der Waals surface area contributed by atoms with Crippen molar-refractivity contribution in [2.75, 3.05) is 17.9 Å². The highest BCUT2D eigenvalue weighted by Crippen LogP contribution is 2.30. The molecule has 0 bridgehead atoms. The summed E-state index contributed by atoms with van der Waals surface area (Å²) in [5.41, 5.74) is 2.51. The van der Waals surface area contributed by atoms with Crippen LogP contribution in [0.2, 0.25) is 0 Å². The molecule has 1 heterocycles. The third-order valence-electron chi connectivity index (χ3n) is 3.09. The van der Waals surface area contributed by atoms with Crippen LogP contribution >= 0.6 is 0 Å². The number of hydrogen-bond donors (Lipinski definition) is 3. The van der Waals surface area contributed by atoms with E-state index in [9.17, 15) is 0 Å². The van der Waals surface area contributed by atoms with Gasteiger partial charge < -0.3 is 15.5 Å². The maximum Gasteiger partial charge on any atom is 0.205 e. The average molecular weight is 237 g/mol. The number of methoxy groups -OCH3 is 1. The van der Waals surface area contributed by atoms with Gasteiger partial charge in [0, 0.05) is 6.04 Å². The van der Waals surface area contributed by atoms with Crippen molar-refractivity contribution in [2.45, 2.75) is 38.1 Å². The van der Waals surface area contributed by atoms with E-state index >= 15 is 0 Å². The van der Waals surface area contributed by atoms with Gasteiger partial charge in [-0.25, -0.2) is 15.8 Å². The Morgan fingerprint density at radius 3 is 2.59 bits per heavy atom. The fraction of sp³-hybridized carbons (Fsp3) is 0.636. The zero-order valence-electron chi connectivity index (χ0n) is 10.1. The minimum atomic E-state index is 0.471. The molecule has 6 nitrogen and oxygen atoms in total. The molecule has 2 rings (SSSR count). The number of aromatic nitrogens is 2. The molecule has 0 unspecified atom stereocenters. The Hall–Kier alpha value is -1.56. The van der Waals surface area contributed by atoms with Gasteiger partial charge in [0.2, 0.25) is 5.75 Å². The second kappa shape index (κ2) is 5.67. The normalized spacial score (nSPS) is 16.6. The summed E-state index contributed by atoms with van der Waals surface area (Å²) in [7, 11) is 1.59. The molecule has 1 aromatic heterocycles. The van der Waals surface area contributed by atoms with Crippen molar-refractivity contribution in [3.63, 3.8) is 0 Å². The average Bonchev–Trinajstić information content (AvgIpc) is 2.39. The lowest BCUT2D eigenvalue weighted by molar-refractivity contribution is 0.411. The molecule has 0 radical (unpaired) electrons. The molecule has 1 saturated carbocycles. The SMILES string of the molecule is COc1c(NN)ncnc1NC1CCCCC1. The summed E-state index contributed by atoms with van der Waals surface area (Å²) in [6.45, 7) is 0. The van der Waals surface area contributed by atoms with Gasteiger partial charge in [-0.3, -0.25) is 0 Å². The largest absolute Gasteiger partial charge is 0.490 e. The molecule has 1 fully saturated rings. The predicted molar refractivity (Wildman–Crippen MR) is 66.9 cm³/mol. The maximum absolute atomic E-state index is 5.38. The molecule has 0 aliphatic heterocycles. The van der Waals surface area contributed by atoms with Gasteiger partial charge in [-0.15, -0.1) is 0 Å². The van der Waals surface area contributed by atoms with E-state index in [0.717, 1.165) is 0 Å². The molecule has 0 spiro atoms. The summed E-state index contributed by atoms with van der Waals surface area (Å²) in [5, 5.41) is 3.40. The van der Waals surface area contributed by atoms with Crippen LogP contribution in [0.25, 0.3) is 0 Å². The summed E-state index contributed by atoms with van der Waals surface area (Å²) < 4.78 is 5.28. The van der Waals surface area contributed by atoms with Crippen LogP contribution in [0.15, 0.2) is 6.33 Å². The highest BCUT2D eigenvalue weighted by atomic mass is 16.5. The number of ether oxygens (including phenoxy) is 1. The van der Waals surface area contributed by atoms with Crippen molar-refractivity contribution in [1.82, 2.24) is 9.97 Å². The van der Waals surface area contributed by atoms with Gasteiger partial charge in [-0.2, -0.15) is 0 Å². The summed E-state index contributed by atoms with van der Waals surface area (Å²) >= 11 is 0. The van der Waals surface area contributed by atoms with Crippen molar-refractivity contribution < 1.29 is 4.74 Å². The molecule has 94 valence electrons. The zero-order valence-corrected chi connectivity index (χ0v) is 10.1. The van der Waals surface area contributed by atoms with E-state index in [2.05, 4.69) is 20.7 Å². The standard InChI is InChI=1S/C11H19N5O/c1-17-9-10(13-7-14-11(9)16-12)15-8-5-3-2-4-6-8/h7-8H,2-6,12H2,1H3,(H2,13,14,15,16). The monoisotopic (exact) mass is 237 g/mol. The second-order valence-corrected chi connectivity index (χ2v) is 4.23. The Morgan fingerprint density at radius 2 is 1.94 bits per heavy atom. The minimum absolute atomic E-state index is 0.471. The first kappa shape index (κ1) is 11.9. The molecule has 0 saturated heterocycles. The van der Waals surface area contributed by atoms with E-state index in [0.29, 0.717) is 23.4 Å². The van der Waals surface area contributed by atoms with Gasteiger partial charge in [0.05, 0.1) is 7.11 Å². The smallest absolute Gasteiger partial charge is 0.205 e. The topological polar surface area (TPSA) is 85.1 Å². The van der Waals surface area contributed by atoms with Crippen molar-refractivity contribution in [1.29, 1.82) is 0 Å². The highest BCUT2D eigenvalue weighted by Gasteiger charge is 2.17. The number of hydrazine groups is 1. The summed E-state index contributed by atoms with van der Waals surface area (Å²) in [6, 6.07) is 0.471.